The smallest absolute Gasteiger partial charge is 0 e. The molecule has 0 atom stereocenters. The average molecular weight is 326 g/mol. The van der Waals surface area contributed by atoms with Crippen molar-refractivity contribution in [2.75, 3.05) is 0 Å². The van der Waals surface area contributed by atoms with E-state index in [1.165, 1.54) is 0 Å². The molecule has 0 aromatic carbocycles. The maximum absolute atomic E-state index is 0. The predicted molar refractivity (Wildman–Crippen MR) is 17.3 cm³/mol. The van der Waals surface area contributed by atoms with E-state index in [0.717, 1.165) is 0 Å². The fourth-order valence-corrected chi connectivity index (χ4v) is 0. The van der Waals surface area contributed by atoms with Gasteiger partial charge in [-0.2, -0.15) is 0 Å². The van der Waals surface area contributed by atoms with Gasteiger partial charge in [0.05, 0.1) is 0 Å². The monoisotopic (exact) mass is 326 g/mol. The zero-order valence-corrected chi connectivity index (χ0v) is 12.6. The second kappa shape index (κ2) is 17.0. The van der Waals surface area contributed by atoms with Gasteiger partial charge in [0.15, 0.2) is 0 Å². The molecule has 0 aromatic heterocycles. The predicted octanol–water partition coefficient (Wildman–Crippen LogP) is -1.14. The van der Waals surface area contributed by atoms with Crippen LogP contribution in [0, 0.1) is 0 Å². The van der Waals surface area contributed by atoms with Gasteiger partial charge >= 0.3 is 0 Å². The summed E-state index contributed by atoms with van der Waals surface area (Å²) in [6.45, 7) is 0. The summed E-state index contributed by atoms with van der Waals surface area (Å²) in [7, 11) is 0. The molecule has 0 unspecified atom stereocenters. The number of hydrogen-bond donors (Lipinski definition) is 0. The van der Waals surface area contributed by atoms with E-state index < -0.39 is 0 Å². The standard InChI is InChI=1S/Al.In.Sn.Zn. The fraction of sp³-hybridized carbons (Fsp3) is 0. The van der Waals surface area contributed by atoms with Crippen molar-refractivity contribution in [3.05, 3.63) is 0 Å². The molecule has 12 valence electrons. The van der Waals surface area contributed by atoms with Gasteiger partial charge in [0.2, 0.25) is 0 Å². The molecule has 4 heteroatoms. The van der Waals surface area contributed by atoms with Gasteiger partial charge in [0.25, 0.3) is 0 Å². The van der Waals surface area contributed by atoms with Crippen LogP contribution in [0.2, 0.25) is 0 Å². The van der Waals surface area contributed by atoms with Gasteiger partial charge < -0.3 is 0 Å². The van der Waals surface area contributed by atoms with E-state index in [2.05, 4.69) is 0 Å². The minimum atomic E-state index is 0. The topological polar surface area (TPSA) is 0 Å². The molecule has 0 N–H and O–H groups in total. The van der Waals surface area contributed by atoms with E-state index in [1.807, 2.05) is 0 Å². The van der Waals surface area contributed by atoms with Crippen LogP contribution in [0.1, 0.15) is 0 Å². The molecule has 0 aliphatic rings. The van der Waals surface area contributed by atoms with Crippen LogP contribution in [0.4, 0.5) is 0 Å². The van der Waals surface area contributed by atoms with Crippen LogP contribution in [-0.4, -0.2) is 67.1 Å². The summed E-state index contributed by atoms with van der Waals surface area (Å²) in [5.41, 5.74) is 0. The van der Waals surface area contributed by atoms with Crippen molar-refractivity contribution in [2.24, 2.45) is 0 Å². The number of rotatable bonds is 0. The minimum absolute atomic E-state index is 0. The van der Waals surface area contributed by atoms with E-state index >= 15 is 0 Å². The van der Waals surface area contributed by atoms with Gasteiger partial charge in [0.1, 0.15) is 0 Å². The zero-order valence-electron chi connectivity index (χ0n) is 2.36. The van der Waals surface area contributed by atoms with Crippen LogP contribution >= 0.6 is 0 Å². The molecule has 0 rings (SSSR count). The molecule has 0 fully saturated rings. The van der Waals surface area contributed by atoms with Crippen molar-refractivity contribution in [3.8, 4) is 0 Å². The fourth-order valence-electron chi connectivity index (χ4n) is 0. The first-order chi connectivity index (χ1) is 0. The molecule has 0 saturated carbocycles. The van der Waals surface area contributed by atoms with Crippen molar-refractivity contribution in [1.82, 2.24) is 0 Å². The Balaban J connectivity index is 0. The third-order valence-electron chi connectivity index (χ3n) is 0. The quantitative estimate of drug-likeness (QED) is 0.494. The van der Waals surface area contributed by atoms with Crippen molar-refractivity contribution in [3.63, 3.8) is 0 Å². The van der Waals surface area contributed by atoms with Gasteiger partial charge in [-0.15, -0.1) is 0 Å². The third kappa shape index (κ3) is 8.85. The van der Waals surface area contributed by atoms with Gasteiger partial charge in [-0.3, -0.25) is 0 Å². The molecule has 0 spiro atoms. The van der Waals surface area contributed by atoms with Gasteiger partial charge in [0, 0.05) is 86.6 Å². The van der Waals surface area contributed by atoms with Crippen LogP contribution in [0.3, 0.4) is 0 Å². The zero-order chi connectivity index (χ0) is 0. The maximum Gasteiger partial charge on any atom is 0 e. The largest absolute Gasteiger partial charge is 0 e. The van der Waals surface area contributed by atoms with Crippen LogP contribution in [-0.2, 0) is 19.5 Å². The summed E-state index contributed by atoms with van der Waals surface area (Å²) in [5, 5.41) is 0. The van der Waals surface area contributed by atoms with Crippen molar-refractivity contribution < 1.29 is 19.5 Å². The molecule has 0 aliphatic heterocycles. The van der Waals surface area contributed by atoms with Crippen LogP contribution < -0.4 is 0 Å². The third-order valence-corrected chi connectivity index (χ3v) is 0. The Morgan fingerprint density at radius 2 is 1.00 bits per heavy atom. The number of hydrogen-bond acceptors (Lipinski definition) is 0. The molecule has 4 heavy (non-hydrogen) atoms. The summed E-state index contributed by atoms with van der Waals surface area (Å²) in [5.74, 6) is 0. The maximum atomic E-state index is 0. The molecule has 0 saturated heterocycles. The Hall–Kier alpha value is 2.82. The van der Waals surface area contributed by atoms with Crippen LogP contribution in [0.15, 0.2) is 0 Å². The first-order valence-electron chi connectivity index (χ1n) is 0. The molecule has 0 heterocycles. The molecular weight excluding hydrogens is 326 g/mol. The van der Waals surface area contributed by atoms with Crippen molar-refractivity contribution in [2.45, 2.75) is 0 Å². The summed E-state index contributed by atoms with van der Waals surface area (Å²) < 4.78 is 0. The Labute approximate surface area is 85.1 Å². The molecular formula is AlInSnZn. The summed E-state index contributed by atoms with van der Waals surface area (Å²) in [6.07, 6.45) is 0. The van der Waals surface area contributed by atoms with E-state index in [1.54, 1.807) is 0 Å². The molecule has 0 aliphatic carbocycles. The van der Waals surface area contributed by atoms with E-state index in [-0.39, 0.29) is 86.6 Å². The second-order valence-corrected chi connectivity index (χ2v) is 0. The van der Waals surface area contributed by atoms with Gasteiger partial charge in [-0.1, -0.05) is 0 Å². The van der Waals surface area contributed by atoms with Crippen LogP contribution in [0.5, 0.6) is 0 Å². The van der Waals surface area contributed by atoms with Crippen LogP contribution in [0.25, 0.3) is 0 Å². The average Bonchev–Trinajstić information content (AvgIpc) is 0. The Bertz CT molecular complexity index is 8.00. The molecule has 10 radical (unpaired) electrons. The first kappa shape index (κ1) is 29.0. The first-order valence-corrected chi connectivity index (χ1v) is 0. The molecule has 0 nitrogen and oxygen atoms in total. The Morgan fingerprint density at radius 1 is 1.00 bits per heavy atom. The molecule has 0 bridgehead atoms. The Kier molecular flexibility index (Phi) is 123. The van der Waals surface area contributed by atoms with E-state index in [9.17, 15) is 0 Å². The summed E-state index contributed by atoms with van der Waals surface area (Å²) >= 11 is 0. The normalized spacial score (nSPS) is 0. The SMILES string of the molecule is [Al].[In].[Sn].[Zn]. The summed E-state index contributed by atoms with van der Waals surface area (Å²) in [6, 6.07) is 0. The van der Waals surface area contributed by atoms with E-state index in [4.69, 9.17) is 0 Å². The van der Waals surface area contributed by atoms with Crippen molar-refractivity contribution in [1.29, 1.82) is 0 Å². The van der Waals surface area contributed by atoms with E-state index in [0.29, 0.717) is 0 Å². The second-order valence-electron chi connectivity index (χ2n) is 0. The Morgan fingerprint density at radius 3 is 1.00 bits per heavy atom. The molecule has 0 aromatic rings. The molecule has 0 amide bonds. The van der Waals surface area contributed by atoms with Gasteiger partial charge in [-0.05, 0) is 0 Å². The summed E-state index contributed by atoms with van der Waals surface area (Å²) in [4.78, 5) is 0. The van der Waals surface area contributed by atoms with Gasteiger partial charge in [-0.25, -0.2) is 0 Å². The minimum Gasteiger partial charge on any atom is 0 e. The van der Waals surface area contributed by atoms with Crippen molar-refractivity contribution >= 4 is 67.1 Å².